The van der Waals surface area contributed by atoms with E-state index in [0.29, 0.717) is 11.8 Å². The van der Waals surface area contributed by atoms with Gasteiger partial charge in [0, 0.05) is 29.8 Å². The Morgan fingerprint density at radius 2 is 1.78 bits per heavy atom. The number of nitro benzene ring substituents is 1. The summed E-state index contributed by atoms with van der Waals surface area (Å²) in [5, 5.41) is 15.3. The first-order valence-corrected chi connectivity index (χ1v) is 8.06. The number of benzene rings is 3. The Bertz CT molecular complexity index is 969. The Morgan fingerprint density at radius 3 is 2.52 bits per heavy atom. The van der Waals surface area contributed by atoms with E-state index in [1.807, 2.05) is 36.4 Å². The van der Waals surface area contributed by atoms with Gasteiger partial charge in [0.15, 0.2) is 0 Å². The maximum Gasteiger partial charge on any atom is 0.418 e. The molecule has 0 aliphatic heterocycles. The van der Waals surface area contributed by atoms with Gasteiger partial charge in [0.2, 0.25) is 0 Å². The number of halogens is 3. The highest BCUT2D eigenvalue weighted by atomic mass is 19.4. The van der Waals surface area contributed by atoms with Gasteiger partial charge in [-0.05, 0) is 17.5 Å². The van der Waals surface area contributed by atoms with E-state index in [9.17, 15) is 23.3 Å². The van der Waals surface area contributed by atoms with Crippen LogP contribution in [0.15, 0.2) is 60.7 Å². The summed E-state index contributed by atoms with van der Waals surface area (Å²) in [5.41, 5.74) is -1.92. The van der Waals surface area contributed by atoms with Crippen LogP contribution in [0, 0.1) is 10.1 Å². The smallest absolute Gasteiger partial charge is 0.418 e. The summed E-state index contributed by atoms with van der Waals surface area (Å²) in [6.07, 6.45) is -4.70. The van der Waals surface area contributed by atoms with Crippen LogP contribution in [0.1, 0.15) is 5.56 Å². The molecule has 1 N–H and O–H groups in total. The number of fused-ring (bicyclic) bond motifs is 1. The second kappa shape index (κ2) is 7.53. The molecule has 0 saturated carbocycles. The molecule has 3 aromatic rings. The molecule has 5 nitrogen and oxygen atoms in total. The maximum atomic E-state index is 13.1. The van der Waals surface area contributed by atoms with Crippen molar-refractivity contribution < 1.29 is 22.8 Å². The number of anilines is 1. The van der Waals surface area contributed by atoms with Crippen molar-refractivity contribution in [2.45, 2.75) is 6.18 Å². The van der Waals surface area contributed by atoms with Crippen LogP contribution in [-0.4, -0.2) is 18.1 Å². The molecule has 8 heteroatoms. The fourth-order valence-corrected chi connectivity index (χ4v) is 2.70. The predicted molar refractivity (Wildman–Crippen MR) is 96.0 cm³/mol. The van der Waals surface area contributed by atoms with Gasteiger partial charge in [-0.1, -0.05) is 36.4 Å². The Morgan fingerprint density at radius 1 is 1.04 bits per heavy atom. The number of rotatable bonds is 6. The van der Waals surface area contributed by atoms with Crippen LogP contribution < -0.4 is 10.1 Å². The molecule has 0 fully saturated rings. The third-order valence-electron chi connectivity index (χ3n) is 3.94. The molecule has 0 radical (unpaired) electrons. The van der Waals surface area contributed by atoms with Gasteiger partial charge in [-0.25, -0.2) is 0 Å². The minimum absolute atomic E-state index is 0.101. The zero-order valence-electron chi connectivity index (χ0n) is 14.0. The summed E-state index contributed by atoms with van der Waals surface area (Å²) >= 11 is 0. The molecule has 0 amide bonds. The largest absolute Gasteiger partial charge is 0.491 e. The van der Waals surface area contributed by atoms with Crippen LogP contribution in [0.25, 0.3) is 10.8 Å². The molecule has 27 heavy (non-hydrogen) atoms. The minimum Gasteiger partial charge on any atom is -0.491 e. The van der Waals surface area contributed by atoms with E-state index in [-0.39, 0.29) is 18.8 Å². The first-order chi connectivity index (χ1) is 12.9. The molecule has 0 heterocycles. The van der Waals surface area contributed by atoms with Crippen LogP contribution in [0.4, 0.5) is 24.5 Å². The van der Waals surface area contributed by atoms with Crippen molar-refractivity contribution >= 4 is 22.1 Å². The fourth-order valence-electron chi connectivity index (χ4n) is 2.70. The number of alkyl halides is 3. The topological polar surface area (TPSA) is 64.4 Å². The number of hydrogen-bond donors (Lipinski definition) is 1. The monoisotopic (exact) mass is 376 g/mol. The van der Waals surface area contributed by atoms with Crippen LogP contribution in [-0.2, 0) is 6.18 Å². The third kappa shape index (κ3) is 4.28. The summed E-state index contributed by atoms with van der Waals surface area (Å²) in [7, 11) is 0. The lowest BCUT2D eigenvalue weighted by Gasteiger charge is -2.15. The Kier molecular flexibility index (Phi) is 5.16. The molecule has 3 aromatic carbocycles. The molecular weight excluding hydrogens is 361 g/mol. The van der Waals surface area contributed by atoms with E-state index in [0.717, 1.165) is 22.9 Å². The Labute approximate surface area is 152 Å². The lowest BCUT2D eigenvalue weighted by molar-refractivity contribution is -0.385. The van der Waals surface area contributed by atoms with Crippen molar-refractivity contribution in [2.24, 2.45) is 0 Å². The second-order valence-corrected chi connectivity index (χ2v) is 5.74. The van der Waals surface area contributed by atoms with Crippen LogP contribution in [0.5, 0.6) is 5.75 Å². The Balaban J connectivity index is 1.69. The highest BCUT2D eigenvalue weighted by Gasteiger charge is 2.35. The standard InChI is InChI=1S/C19H15F3N2O3/c20-19(21,22)16-12-14(24(25)26)8-9-17(16)23-10-11-27-18-7-3-5-13-4-1-2-6-15(13)18/h1-9,12,23H,10-11H2. The predicted octanol–water partition coefficient (Wildman–Crippen LogP) is 5.26. The fraction of sp³-hybridized carbons (Fsp3) is 0.158. The number of hydrogen-bond acceptors (Lipinski definition) is 4. The van der Waals surface area contributed by atoms with Gasteiger partial charge in [-0.15, -0.1) is 0 Å². The van der Waals surface area contributed by atoms with Crippen molar-refractivity contribution in [3.8, 4) is 5.75 Å². The van der Waals surface area contributed by atoms with E-state index in [1.165, 1.54) is 0 Å². The number of nitrogens with one attached hydrogen (secondary N) is 1. The van der Waals surface area contributed by atoms with Gasteiger partial charge in [0.05, 0.1) is 10.5 Å². The summed E-state index contributed by atoms with van der Waals surface area (Å²) in [6.45, 7) is 0.229. The van der Waals surface area contributed by atoms with Crippen molar-refractivity contribution in [1.82, 2.24) is 0 Å². The zero-order valence-corrected chi connectivity index (χ0v) is 14.0. The number of nitrogens with zero attached hydrogens (tertiary/aromatic N) is 1. The molecule has 0 aliphatic rings. The number of ether oxygens (including phenoxy) is 1. The third-order valence-corrected chi connectivity index (χ3v) is 3.94. The highest BCUT2D eigenvalue weighted by molar-refractivity contribution is 5.88. The van der Waals surface area contributed by atoms with E-state index in [1.54, 1.807) is 6.07 Å². The number of non-ortho nitro benzene ring substituents is 1. The molecule has 0 bridgehead atoms. The highest BCUT2D eigenvalue weighted by Crippen LogP contribution is 2.37. The molecule has 140 valence electrons. The minimum atomic E-state index is -4.70. The molecule has 0 aliphatic carbocycles. The summed E-state index contributed by atoms with van der Waals surface area (Å²) < 4.78 is 45.1. The Hall–Kier alpha value is -3.29. The molecule has 0 spiro atoms. The summed E-state index contributed by atoms with van der Waals surface area (Å²) in [5.74, 6) is 0.634. The normalized spacial score (nSPS) is 11.4. The van der Waals surface area contributed by atoms with Gasteiger partial charge in [0.1, 0.15) is 12.4 Å². The molecule has 3 rings (SSSR count). The zero-order chi connectivity index (χ0) is 19.4. The van der Waals surface area contributed by atoms with Crippen molar-refractivity contribution in [1.29, 1.82) is 0 Å². The quantitative estimate of drug-likeness (QED) is 0.362. The lowest BCUT2D eigenvalue weighted by Crippen LogP contribution is -2.16. The van der Waals surface area contributed by atoms with Gasteiger partial charge >= 0.3 is 6.18 Å². The average molecular weight is 376 g/mol. The van der Waals surface area contributed by atoms with Crippen LogP contribution >= 0.6 is 0 Å². The molecule has 0 saturated heterocycles. The van der Waals surface area contributed by atoms with Crippen LogP contribution in [0.3, 0.4) is 0 Å². The van der Waals surface area contributed by atoms with E-state index < -0.39 is 22.4 Å². The van der Waals surface area contributed by atoms with E-state index >= 15 is 0 Å². The van der Waals surface area contributed by atoms with Crippen LogP contribution in [0.2, 0.25) is 0 Å². The van der Waals surface area contributed by atoms with Gasteiger partial charge in [-0.2, -0.15) is 13.2 Å². The van der Waals surface area contributed by atoms with E-state index in [2.05, 4.69) is 5.32 Å². The van der Waals surface area contributed by atoms with Crippen molar-refractivity contribution in [3.63, 3.8) is 0 Å². The lowest BCUT2D eigenvalue weighted by atomic mass is 10.1. The average Bonchev–Trinajstić information content (AvgIpc) is 2.64. The molecule has 0 aromatic heterocycles. The van der Waals surface area contributed by atoms with E-state index in [4.69, 9.17) is 4.74 Å². The SMILES string of the molecule is O=[N+]([O-])c1ccc(NCCOc2cccc3ccccc23)c(C(F)(F)F)c1. The number of nitro groups is 1. The van der Waals surface area contributed by atoms with Gasteiger partial charge in [0.25, 0.3) is 5.69 Å². The molecule has 0 atom stereocenters. The molecule has 0 unspecified atom stereocenters. The molecular formula is C19H15F3N2O3. The van der Waals surface area contributed by atoms with Gasteiger partial charge < -0.3 is 10.1 Å². The first-order valence-electron chi connectivity index (χ1n) is 8.06. The summed E-state index contributed by atoms with van der Waals surface area (Å²) in [6, 6.07) is 15.8. The van der Waals surface area contributed by atoms with Crippen molar-refractivity contribution in [2.75, 3.05) is 18.5 Å². The van der Waals surface area contributed by atoms with Crippen molar-refractivity contribution in [3.05, 3.63) is 76.3 Å². The summed E-state index contributed by atoms with van der Waals surface area (Å²) in [4.78, 5) is 9.86. The second-order valence-electron chi connectivity index (χ2n) is 5.74. The maximum absolute atomic E-state index is 13.1. The van der Waals surface area contributed by atoms with Gasteiger partial charge in [-0.3, -0.25) is 10.1 Å². The first kappa shape index (κ1) is 18.5.